The maximum absolute atomic E-state index is 13.8. The Kier molecular flexibility index (Phi) is 4.89. The van der Waals surface area contributed by atoms with Crippen LogP contribution in [0.5, 0.6) is 0 Å². The Morgan fingerprint density at radius 1 is 1.04 bits per heavy atom. The Bertz CT molecular complexity index is 1080. The van der Waals surface area contributed by atoms with Gasteiger partial charge in [-0.2, -0.15) is 0 Å². The van der Waals surface area contributed by atoms with Gasteiger partial charge < -0.3 is 9.80 Å². The SMILES string of the molecule is O=C(C1=CN(c2cccc(F)c2)c2cc(Cl)ccc2S1(=O)=O)N1CCCCC1. The van der Waals surface area contributed by atoms with Crippen LogP contribution in [-0.4, -0.2) is 32.3 Å². The Morgan fingerprint density at radius 3 is 2.50 bits per heavy atom. The number of carbonyl (C=O) groups excluding carboxylic acids is 1. The van der Waals surface area contributed by atoms with E-state index in [0.717, 1.165) is 19.3 Å². The summed E-state index contributed by atoms with van der Waals surface area (Å²) >= 11 is 6.08. The number of benzene rings is 2. The van der Waals surface area contributed by atoms with Gasteiger partial charge in [-0.05, 0) is 55.7 Å². The van der Waals surface area contributed by atoms with Crippen LogP contribution in [0, 0.1) is 5.82 Å². The molecule has 0 unspecified atom stereocenters. The van der Waals surface area contributed by atoms with Crippen LogP contribution >= 0.6 is 11.6 Å². The molecule has 28 heavy (non-hydrogen) atoms. The third kappa shape index (κ3) is 3.29. The molecule has 2 aliphatic heterocycles. The number of anilines is 2. The summed E-state index contributed by atoms with van der Waals surface area (Å²) < 4.78 is 40.2. The number of hydrogen-bond acceptors (Lipinski definition) is 4. The number of rotatable bonds is 2. The molecule has 5 nitrogen and oxygen atoms in total. The summed E-state index contributed by atoms with van der Waals surface area (Å²) in [6.07, 6.45) is 3.99. The van der Waals surface area contributed by atoms with Crippen molar-refractivity contribution in [2.75, 3.05) is 18.0 Å². The molecule has 0 radical (unpaired) electrons. The molecule has 0 aliphatic carbocycles. The first-order valence-corrected chi connectivity index (χ1v) is 10.8. The molecule has 0 atom stereocenters. The van der Waals surface area contributed by atoms with Gasteiger partial charge in [0, 0.05) is 30.0 Å². The summed E-state index contributed by atoms with van der Waals surface area (Å²) in [4.78, 5) is 15.8. The fourth-order valence-corrected chi connectivity index (χ4v) is 5.23. The lowest BCUT2D eigenvalue weighted by atomic mass is 10.1. The molecule has 1 fully saturated rings. The summed E-state index contributed by atoms with van der Waals surface area (Å²) in [5.41, 5.74) is 0.690. The number of hydrogen-bond donors (Lipinski definition) is 0. The van der Waals surface area contributed by atoms with Crippen molar-refractivity contribution in [3.8, 4) is 0 Å². The number of nitrogens with zero attached hydrogens (tertiary/aromatic N) is 2. The van der Waals surface area contributed by atoms with E-state index in [-0.39, 0.29) is 15.5 Å². The molecule has 146 valence electrons. The van der Waals surface area contributed by atoms with E-state index in [1.54, 1.807) is 11.0 Å². The molecule has 2 aromatic carbocycles. The van der Waals surface area contributed by atoms with E-state index in [1.165, 1.54) is 47.5 Å². The zero-order valence-corrected chi connectivity index (χ0v) is 16.5. The van der Waals surface area contributed by atoms with Crippen LogP contribution < -0.4 is 4.90 Å². The summed E-state index contributed by atoms with van der Waals surface area (Å²) in [5, 5.41) is 0.342. The van der Waals surface area contributed by atoms with Crippen molar-refractivity contribution in [1.82, 2.24) is 4.90 Å². The predicted molar refractivity (Wildman–Crippen MR) is 106 cm³/mol. The molecule has 0 aromatic heterocycles. The van der Waals surface area contributed by atoms with Gasteiger partial charge in [-0.15, -0.1) is 0 Å². The fourth-order valence-electron chi connectivity index (χ4n) is 3.54. The molecule has 1 saturated heterocycles. The average Bonchev–Trinajstić information content (AvgIpc) is 2.68. The number of likely N-dealkylation sites (tertiary alicyclic amines) is 1. The highest BCUT2D eigenvalue weighted by atomic mass is 35.5. The Morgan fingerprint density at radius 2 is 1.79 bits per heavy atom. The van der Waals surface area contributed by atoms with Crippen LogP contribution in [0.15, 0.2) is 58.5 Å². The van der Waals surface area contributed by atoms with Gasteiger partial charge in [-0.25, -0.2) is 12.8 Å². The quantitative estimate of drug-likeness (QED) is 0.728. The molecule has 4 rings (SSSR count). The molecule has 0 saturated carbocycles. The van der Waals surface area contributed by atoms with Crippen LogP contribution in [0.1, 0.15) is 19.3 Å². The molecule has 8 heteroatoms. The molecule has 0 spiro atoms. The van der Waals surface area contributed by atoms with Gasteiger partial charge in [0.2, 0.25) is 9.84 Å². The van der Waals surface area contributed by atoms with E-state index in [4.69, 9.17) is 11.6 Å². The zero-order valence-electron chi connectivity index (χ0n) is 14.9. The van der Waals surface area contributed by atoms with E-state index in [1.807, 2.05) is 0 Å². The number of carbonyl (C=O) groups is 1. The van der Waals surface area contributed by atoms with Gasteiger partial charge in [0.15, 0.2) is 4.91 Å². The minimum atomic E-state index is -4.02. The van der Waals surface area contributed by atoms with Crippen molar-refractivity contribution < 1.29 is 17.6 Å². The van der Waals surface area contributed by atoms with Gasteiger partial charge in [0.1, 0.15) is 5.82 Å². The maximum Gasteiger partial charge on any atom is 0.267 e. The van der Waals surface area contributed by atoms with E-state index in [0.29, 0.717) is 23.8 Å². The molecule has 0 bridgehead atoms. The normalized spacial score (nSPS) is 18.4. The smallest absolute Gasteiger partial charge is 0.267 e. The standard InChI is InChI=1S/C20H18ClFN2O3S/c21-14-7-8-18-17(11-14)24(16-6-4-5-15(22)12-16)13-19(28(18,26)27)20(25)23-9-2-1-3-10-23/h4-8,11-13H,1-3,9-10H2. The number of fused-ring (bicyclic) bond motifs is 1. The van der Waals surface area contributed by atoms with E-state index < -0.39 is 21.6 Å². The van der Waals surface area contributed by atoms with Gasteiger partial charge in [0.25, 0.3) is 5.91 Å². The van der Waals surface area contributed by atoms with Crippen molar-refractivity contribution in [1.29, 1.82) is 0 Å². The number of amides is 1. The van der Waals surface area contributed by atoms with E-state index >= 15 is 0 Å². The largest absolute Gasteiger partial charge is 0.338 e. The Balaban J connectivity index is 1.88. The highest BCUT2D eigenvalue weighted by Gasteiger charge is 2.38. The minimum absolute atomic E-state index is 0.0241. The Labute approximate surface area is 167 Å². The molecule has 2 heterocycles. The highest BCUT2D eigenvalue weighted by Crippen LogP contribution is 2.41. The Hall–Kier alpha value is -2.38. The summed E-state index contributed by atoms with van der Waals surface area (Å²) in [7, 11) is -4.02. The average molecular weight is 421 g/mol. The summed E-state index contributed by atoms with van der Waals surface area (Å²) in [5.74, 6) is -0.992. The number of halogens is 2. The first kappa shape index (κ1) is 19.0. The van der Waals surface area contributed by atoms with Gasteiger partial charge in [-0.1, -0.05) is 17.7 Å². The van der Waals surface area contributed by atoms with Crippen molar-refractivity contribution in [3.05, 3.63) is 64.4 Å². The molecular formula is C20H18ClFN2O3S. The second-order valence-electron chi connectivity index (χ2n) is 6.81. The van der Waals surface area contributed by atoms with Crippen molar-refractivity contribution in [2.45, 2.75) is 24.2 Å². The van der Waals surface area contributed by atoms with Crippen molar-refractivity contribution >= 4 is 38.7 Å². The topological polar surface area (TPSA) is 57.7 Å². The first-order valence-electron chi connectivity index (χ1n) is 8.98. The lowest BCUT2D eigenvalue weighted by Crippen LogP contribution is -2.39. The molecular weight excluding hydrogens is 403 g/mol. The molecule has 0 N–H and O–H groups in total. The van der Waals surface area contributed by atoms with Gasteiger partial charge in [0.05, 0.1) is 10.6 Å². The second-order valence-corrected chi connectivity index (χ2v) is 9.13. The lowest BCUT2D eigenvalue weighted by Gasteiger charge is -2.32. The molecule has 2 aliphatic rings. The second kappa shape index (κ2) is 7.22. The van der Waals surface area contributed by atoms with E-state index in [9.17, 15) is 17.6 Å². The number of sulfone groups is 1. The van der Waals surface area contributed by atoms with Crippen LogP contribution in [0.2, 0.25) is 5.02 Å². The van der Waals surface area contributed by atoms with Gasteiger partial charge >= 0.3 is 0 Å². The monoisotopic (exact) mass is 420 g/mol. The fraction of sp³-hybridized carbons (Fsp3) is 0.250. The van der Waals surface area contributed by atoms with Crippen molar-refractivity contribution in [3.63, 3.8) is 0 Å². The van der Waals surface area contributed by atoms with E-state index in [2.05, 4.69) is 0 Å². The maximum atomic E-state index is 13.8. The third-order valence-electron chi connectivity index (χ3n) is 4.95. The number of piperidine rings is 1. The lowest BCUT2D eigenvalue weighted by molar-refractivity contribution is -0.127. The third-order valence-corrected chi connectivity index (χ3v) is 6.96. The first-order chi connectivity index (χ1) is 13.4. The van der Waals surface area contributed by atoms with Crippen LogP contribution in [0.4, 0.5) is 15.8 Å². The summed E-state index contributed by atoms with van der Waals surface area (Å²) in [6.45, 7) is 1.05. The van der Waals surface area contributed by atoms with Crippen LogP contribution in [0.3, 0.4) is 0 Å². The molecule has 1 amide bonds. The van der Waals surface area contributed by atoms with Crippen LogP contribution in [-0.2, 0) is 14.6 Å². The van der Waals surface area contributed by atoms with Gasteiger partial charge in [-0.3, -0.25) is 4.79 Å². The zero-order chi connectivity index (χ0) is 19.9. The predicted octanol–water partition coefficient (Wildman–Crippen LogP) is 4.26. The summed E-state index contributed by atoms with van der Waals surface area (Å²) in [6, 6.07) is 10.1. The van der Waals surface area contributed by atoms with Crippen LogP contribution in [0.25, 0.3) is 0 Å². The highest BCUT2D eigenvalue weighted by molar-refractivity contribution is 7.96. The minimum Gasteiger partial charge on any atom is -0.338 e. The van der Waals surface area contributed by atoms with Crippen molar-refractivity contribution in [2.24, 2.45) is 0 Å². The molecule has 2 aromatic rings.